The molecule has 0 aromatic heterocycles. The first kappa shape index (κ1) is 6.73. The third-order valence-corrected chi connectivity index (χ3v) is 1.56. The predicted octanol–water partition coefficient (Wildman–Crippen LogP) is 1.33. The zero-order valence-corrected chi connectivity index (χ0v) is 5.70. The van der Waals surface area contributed by atoms with E-state index in [0.717, 1.165) is 0 Å². The van der Waals surface area contributed by atoms with E-state index in [-0.39, 0.29) is 4.83 Å². The Balaban J connectivity index is 2.99. The minimum atomic E-state index is -0.759. The molecule has 1 nitrogen and oxygen atoms in total. The van der Waals surface area contributed by atoms with Crippen LogP contribution in [0.5, 0.6) is 0 Å². The van der Waals surface area contributed by atoms with E-state index in [2.05, 4.69) is 15.9 Å². The van der Waals surface area contributed by atoms with E-state index in [1.54, 1.807) is 6.92 Å². The summed E-state index contributed by atoms with van der Waals surface area (Å²) >= 11 is 8.18. The number of alkyl halides is 2. The molecule has 0 aliphatic carbocycles. The van der Waals surface area contributed by atoms with Gasteiger partial charge in [-0.25, -0.2) is 0 Å². The first-order chi connectivity index (χ1) is 2.64. The van der Waals surface area contributed by atoms with Crippen LogP contribution in [0.1, 0.15) is 6.92 Å². The van der Waals surface area contributed by atoms with Crippen LogP contribution >= 0.6 is 27.5 Å². The van der Waals surface area contributed by atoms with Gasteiger partial charge in [0, 0.05) is 0 Å². The van der Waals surface area contributed by atoms with Crippen LogP contribution in [0.15, 0.2) is 0 Å². The summed E-state index contributed by atoms with van der Waals surface area (Å²) in [6, 6.07) is 0. The molecule has 0 fully saturated rings. The standard InChI is InChI=1S/C3H6BrClO/c1-2(4)3(5)6/h2-3,6H,1H3. The molecule has 1 N–H and O–H groups in total. The lowest BCUT2D eigenvalue weighted by atomic mass is 10.5. The molecule has 6 heavy (non-hydrogen) atoms. The van der Waals surface area contributed by atoms with Crippen LogP contribution in [-0.4, -0.2) is 15.5 Å². The van der Waals surface area contributed by atoms with E-state index < -0.39 is 5.56 Å². The molecule has 0 aliphatic rings. The largest absolute Gasteiger partial charge is 0.377 e. The quantitative estimate of drug-likeness (QED) is 0.593. The third-order valence-electron chi connectivity index (χ3n) is 0.379. The molecule has 38 valence electrons. The summed E-state index contributed by atoms with van der Waals surface area (Å²) in [5.74, 6) is 0. The minimum Gasteiger partial charge on any atom is -0.377 e. The summed E-state index contributed by atoms with van der Waals surface area (Å²) in [6.07, 6.45) is 0. The van der Waals surface area contributed by atoms with Gasteiger partial charge in [-0.05, 0) is 6.92 Å². The van der Waals surface area contributed by atoms with Gasteiger partial charge in [0.1, 0.15) is 5.56 Å². The van der Waals surface area contributed by atoms with Crippen molar-refractivity contribution < 1.29 is 5.11 Å². The molecule has 0 spiro atoms. The van der Waals surface area contributed by atoms with Crippen LogP contribution in [0.4, 0.5) is 0 Å². The Morgan fingerprint density at radius 2 is 2.00 bits per heavy atom. The Kier molecular flexibility index (Phi) is 3.17. The van der Waals surface area contributed by atoms with Crippen molar-refractivity contribution in [3.8, 4) is 0 Å². The molecule has 0 saturated heterocycles. The lowest BCUT2D eigenvalue weighted by molar-refractivity contribution is 0.259. The average molecular weight is 173 g/mol. The Bertz CT molecular complexity index is 31.8. The normalized spacial score (nSPS) is 20.0. The number of hydrogen-bond donors (Lipinski definition) is 1. The van der Waals surface area contributed by atoms with Gasteiger partial charge >= 0.3 is 0 Å². The maximum Gasteiger partial charge on any atom is 0.140 e. The van der Waals surface area contributed by atoms with Crippen LogP contribution in [0.2, 0.25) is 0 Å². The van der Waals surface area contributed by atoms with E-state index in [9.17, 15) is 0 Å². The molecule has 0 heterocycles. The molecule has 0 radical (unpaired) electrons. The number of hydrogen-bond acceptors (Lipinski definition) is 1. The SMILES string of the molecule is CC(Br)C(O)Cl. The highest BCUT2D eigenvalue weighted by molar-refractivity contribution is 9.09. The number of aliphatic hydroxyl groups is 1. The molecule has 0 bridgehead atoms. The molecule has 0 rings (SSSR count). The third kappa shape index (κ3) is 2.94. The maximum atomic E-state index is 8.35. The Morgan fingerprint density at radius 3 is 2.00 bits per heavy atom. The Hall–Kier alpha value is 0.730. The number of aliphatic hydroxyl groups excluding tert-OH is 1. The van der Waals surface area contributed by atoms with Crippen molar-refractivity contribution in [2.75, 3.05) is 0 Å². The molecule has 0 amide bonds. The Labute approximate surface area is 50.4 Å². The van der Waals surface area contributed by atoms with Crippen LogP contribution in [-0.2, 0) is 0 Å². The lowest BCUT2D eigenvalue weighted by Gasteiger charge is -1.99. The molecule has 0 aliphatic heterocycles. The summed E-state index contributed by atoms with van der Waals surface area (Å²) < 4.78 is 0. The molecule has 0 aromatic carbocycles. The van der Waals surface area contributed by atoms with Crippen molar-refractivity contribution in [3.63, 3.8) is 0 Å². The second-order valence-corrected chi connectivity index (χ2v) is 2.94. The van der Waals surface area contributed by atoms with Crippen LogP contribution in [0, 0.1) is 0 Å². The van der Waals surface area contributed by atoms with Gasteiger partial charge in [0.25, 0.3) is 0 Å². The first-order valence-corrected chi connectivity index (χ1v) is 2.96. The second-order valence-electron chi connectivity index (χ2n) is 1.05. The molecule has 3 heteroatoms. The predicted molar refractivity (Wildman–Crippen MR) is 30.2 cm³/mol. The van der Waals surface area contributed by atoms with Crippen LogP contribution in [0.25, 0.3) is 0 Å². The summed E-state index contributed by atoms with van der Waals surface area (Å²) in [4.78, 5) is -0.0147. The van der Waals surface area contributed by atoms with Crippen LogP contribution < -0.4 is 0 Å². The Morgan fingerprint density at radius 1 is 1.83 bits per heavy atom. The van der Waals surface area contributed by atoms with Gasteiger partial charge in [0.15, 0.2) is 0 Å². The zero-order chi connectivity index (χ0) is 5.15. The monoisotopic (exact) mass is 172 g/mol. The molecule has 2 atom stereocenters. The summed E-state index contributed by atoms with van der Waals surface area (Å²) in [7, 11) is 0. The van der Waals surface area contributed by atoms with Gasteiger partial charge in [0.2, 0.25) is 0 Å². The van der Waals surface area contributed by atoms with Crippen molar-refractivity contribution in [2.45, 2.75) is 17.3 Å². The molecular weight excluding hydrogens is 167 g/mol. The van der Waals surface area contributed by atoms with Crippen molar-refractivity contribution in [2.24, 2.45) is 0 Å². The average Bonchev–Trinajstić information content (AvgIpc) is 1.36. The number of rotatable bonds is 1. The summed E-state index contributed by atoms with van der Waals surface area (Å²) in [5.41, 5.74) is -0.759. The fraction of sp³-hybridized carbons (Fsp3) is 1.00. The van der Waals surface area contributed by atoms with Gasteiger partial charge in [-0.1, -0.05) is 27.5 Å². The van der Waals surface area contributed by atoms with Gasteiger partial charge < -0.3 is 5.11 Å². The van der Waals surface area contributed by atoms with Crippen LogP contribution in [0.3, 0.4) is 0 Å². The molecular formula is C3H6BrClO. The van der Waals surface area contributed by atoms with E-state index >= 15 is 0 Å². The minimum absolute atomic E-state index is 0.0147. The highest BCUT2D eigenvalue weighted by Crippen LogP contribution is 2.06. The maximum absolute atomic E-state index is 8.35. The lowest BCUT2D eigenvalue weighted by Crippen LogP contribution is -2.07. The van der Waals surface area contributed by atoms with Crippen molar-refractivity contribution >= 4 is 27.5 Å². The van der Waals surface area contributed by atoms with Gasteiger partial charge in [-0.3, -0.25) is 0 Å². The van der Waals surface area contributed by atoms with Crippen molar-refractivity contribution in [1.82, 2.24) is 0 Å². The van der Waals surface area contributed by atoms with E-state index in [1.165, 1.54) is 0 Å². The molecule has 2 unspecified atom stereocenters. The topological polar surface area (TPSA) is 20.2 Å². The molecule has 0 saturated carbocycles. The van der Waals surface area contributed by atoms with Gasteiger partial charge in [0.05, 0.1) is 4.83 Å². The summed E-state index contributed by atoms with van der Waals surface area (Å²) in [5, 5.41) is 8.35. The van der Waals surface area contributed by atoms with E-state index in [4.69, 9.17) is 16.7 Å². The van der Waals surface area contributed by atoms with Crippen molar-refractivity contribution in [3.05, 3.63) is 0 Å². The smallest absolute Gasteiger partial charge is 0.140 e. The highest BCUT2D eigenvalue weighted by Gasteiger charge is 2.02. The first-order valence-electron chi connectivity index (χ1n) is 1.61. The fourth-order valence-electron chi connectivity index (χ4n) is 0. The second kappa shape index (κ2) is 2.83. The van der Waals surface area contributed by atoms with E-state index in [0.29, 0.717) is 0 Å². The zero-order valence-electron chi connectivity index (χ0n) is 3.36. The van der Waals surface area contributed by atoms with Crippen molar-refractivity contribution in [1.29, 1.82) is 0 Å². The number of halogens is 2. The molecule has 0 aromatic rings. The van der Waals surface area contributed by atoms with Gasteiger partial charge in [-0.2, -0.15) is 0 Å². The summed E-state index contributed by atoms with van der Waals surface area (Å²) in [6.45, 7) is 1.78. The van der Waals surface area contributed by atoms with Gasteiger partial charge in [-0.15, -0.1) is 0 Å². The van der Waals surface area contributed by atoms with E-state index in [1.807, 2.05) is 0 Å². The fourth-order valence-corrected chi connectivity index (χ4v) is 0. The highest BCUT2D eigenvalue weighted by atomic mass is 79.9.